The molecule has 1 heterocycles. The number of halogens is 2. The summed E-state index contributed by atoms with van der Waals surface area (Å²) in [5.74, 6) is 0.465. The predicted octanol–water partition coefficient (Wildman–Crippen LogP) is 3.18. The van der Waals surface area contributed by atoms with Gasteiger partial charge in [0.05, 0.1) is 5.56 Å². The van der Waals surface area contributed by atoms with E-state index in [2.05, 4.69) is 9.97 Å². The molecule has 0 aliphatic carbocycles. The average Bonchev–Trinajstić information content (AvgIpc) is 2.29. The number of nitrogens with zero attached hydrogens (tertiary/aromatic N) is 2. The van der Waals surface area contributed by atoms with Crippen LogP contribution in [0.3, 0.4) is 0 Å². The molecule has 0 saturated carbocycles. The number of benzene rings is 1. The Morgan fingerprint density at radius 3 is 2.44 bits per heavy atom. The van der Waals surface area contributed by atoms with Crippen molar-refractivity contribution < 1.29 is 4.79 Å². The monoisotopic (exact) mass is 252 g/mol. The van der Waals surface area contributed by atoms with Crippen LogP contribution in [0.25, 0.3) is 11.4 Å². The molecule has 5 heteroatoms. The molecule has 0 unspecified atom stereocenters. The summed E-state index contributed by atoms with van der Waals surface area (Å²) in [5, 5.41) is -0.599. The lowest BCUT2D eigenvalue weighted by Gasteiger charge is -2.01. The molecule has 16 heavy (non-hydrogen) atoms. The van der Waals surface area contributed by atoms with Crippen LogP contribution in [0.4, 0.5) is 0 Å². The zero-order valence-electron chi connectivity index (χ0n) is 8.02. The van der Waals surface area contributed by atoms with Gasteiger partial charge >= 0.3 is 0 Å². The van der Waals surface area contributed by atoms with Crippen molar-refractivity contribution in [1.82, 2.24) is 9.97 Å². The Morgan fingerprint density at radius 1 is 1.19 bits per heavy atom. The lowest BCUT2D eigenvalue weighted by atomic mass is 10.2. The van der Waals surface area contributed by atoms with Crippen molar-refractivity contribution in [3.63, 3.8) is 0 Å². The van der Waals surface area contributed by atoms with Crippen LogP contribution in [0.15, 0.2) is 36.5 Å². The van der Waals surface area contributed by atoms with Crippen molar-refractivity contribution in [3.05, 3.63) is 47.2 Å². The van der Waals surface area contributed by atoms with E-state index >= 15 is 0 Å². The van der Waals surface area contributed by atoms with Gasteiger partial charge in [-0.1, -0.05) is 41.9 Å². The van der Waals surface area contributed by atoms with Crippen LogP contribution >= 0.6 is 23.2 Å². The number of aromatic nitrogens is 2. The molecule has 0 radical (unpaired) electrons. The van der Waals surface area contributed by atoms with E-state index in [0.29, 0.717) is 5.82 Å². The van der Waals surface area contributed by atoms with Gasteiger partial charge in [0.15, 0.2) is 5.82 Å². The molecule has 2 aromatic rings. The summed E-state index contributed by atoms with van der Waals surface area (Å²) in [4.78, 5) is 19.0. The van der Waals surface area contributed by atoms with E-state index in [1.54, 1.807) is 0 Å². The van der Waals surface area contributed by atoms with E-state index in [4.69, 9.17) is 23.2 Å². The Morgan fingerprint density at radius 2 is 1.88 bits per heavy atom. The maximum atomic E-state index is 10.9. The number of rotatable bonds is 2. The first-order valence-corrected chi connectivity index (χ1v) is 5.22. The highest BCUT2D eigenvalue weighted by Crippen LogP contribution is 2.19. The first-order valence-electron chi connectivity index (χ1n) is 4.46. The van der Waals surface area contributed by atoms with Gasteiger partial charge in [-0.25, -0.2) is 9.97 Å². The summed E-state index contributed by atoms with van der Waals surface area (Å²) in [6.45, 7) is 0. The van der Waals surface area contributed by atoms with Gasteiger partial charge in [0, 0.05) is 11.8 Å². The van der Waals surface area contributed by atoms with Gasteiger partial charge in [-0.15, -0.1) is 0 Å². The fourth-order valence-corrected chi connectivity index (χ4v) is 1.62. The molecule has 0 amide bonds. The van der Waals surface area contributed by atoms with Gasteiger partial charge in [0.2, 0.25) is 0 Å². The van der Waals surface area contributed by atoms with E-state index in [0.717, 1.165) is 5.56 Å². The lowest BCUT2D eigenvalue weighted by molar-refractivity contribution is 0.108. The number of hydrogen-bond acceptors (Lipinski definition) is 3. The molecule has 80 valence electrons. The summed E-state index contributed by atoms with van der Waals surface area (Å²) in [5.41, 5.74) is 0.945. The van der Waals surface area contributed by atoms with Crippen LogP contribution in [0.2, 0.25) is 5.15 Å². The minimum Gasteiger partial charge on any atom is -0.275 e. The van der Waals surface area contributed by atoms with Crippen LogP contribution in [0, 0.1) is 0 Å². The third kappa shape index (κ3) is 2.21. The van der Waals surface area contributed by atoms with Crippen LogP contribution < -0.4 is 0 Å². The average molecular weight is 253 g/mol. The van der Waals surface area contributed by atoms with Gasteiger partial charge in [-0.05, 0) is 11.6 Å². The smallest absolute Gasteiger partial charge is 0.257 e. The van der Waals surface area contributed by atoms with Crippen molar-refractivity contribution in [2.75, 3.05) is 0 Å². The van der Waals surface area contributed by atoms with E-state index in [-0.39, 0.29) is 10.7 Å². The molecule has 0 aliphatic heterocycles. The Hall–Kier alpha value is -1.45. The van der Waals surface area contributed by atoms with E-state index in [1.807, 2.05) is 30.3 Å². The highest BCUT2D eigenvalue weighted by atomic mass is 35.5. The summed E-state index contributed by atoms with van der Waals surface area (Å²) in [6.07, 6.45) is 1.33. The number of carbonyl (C=O) groups excluding carboxylic acids is 1. The van der Waals surface area contributed by atoms with Gasteiger partial charge < -0.3 is 0 Å². The Kier molecular flexibility index (Phi) is 3.17. The van der Waals surface area contributed by atoms with Crippen LogP contribution in [0.1, 0.15) is 10.4 Å². The molecule has 0 bridgehead atoms. The Labute approximate surface area is 102 Å². The van der Waals surface area contributed by atoms with Crippen molar-refractivity contribution >= 4 is 28.4 Å². The molecule has 3 nitrogen and oxygen atoms in total. The first-order chi connectivity index (χ1) is 7.68. The van der Waals surface area contributed by atoms with Crippen LogP contribution in [-0.4, -0.2) is 15.2 Å². The van der Waals surface area contributed by atoms with Crippen LogP contribution in [-0.2, 0) is 0 Å². The molecule has 0 atom stereocenters. The maximum Gasteiger partial charge on any atom is 0.257 e. The summed E-state index contributed by atoms with van der Waals surface area (Å²) in [7, 11) is 0. The summed E-state index contributed by atoms with van der Waals surface area (Å²) in [6, 6.07) is 9.34. The highest BCUT2D eigenvalue weighted by molar-refractivity contribution is 6.68. The molecule has 1 aromatic heterocycles. The van der Waals surface area contributed by atoms with Crippen molar-refractivity contribution in [2.45, 2.75) is 0 Å². The fraction of sp³-hybridized carbons (Fsp3) is 0. The third-order valence-electron chi connectivity index (χ3n) is 1.99. The molecular formula is C11H6Cl2N2O. The quantitative estimate of drug-likeness (QED) is 0.609. The Bertz CT molecular complexity index is 529. The zero-order chi connectivity index (χ0) is 11.5. The predicted molar refractivity (Wildman–Crippen MR) is 62.7 cm³/mol. The second-order valence-corrected chi connectivity index (χ2v) is 3.74. The van der Waals surface area contributed by atoms with Gasteiger partial charge in [-0.3, -0.25) is 4.79 Å². The van der Waals surface area contributed by atoms with E-state index in [1.165, 1.54) is 6.20 Å². The minimum absolute atomic E-state index is 0.0638. The second-order valence-electron chi connectivity index (χ2n) is 3.04. The lowest BCUT2D eigenvalue weighted by Crippen LogP contribution is -1.97. The fourth-order valence-electron chi connectivity index (χ4n) is 1.22. The number of hydrogen-bond donors (Lipinski definition) is 0. The largest absolute Gasteiger partial charge is 0.275 e. The molecule has 0 N–H and O–H groups in total. The summed E-state index contributed by atoms with van der Waals surface area (Å²) >= 11 is 11.1. The topological polar surface area (TPSA) is 42.9 Å². The van der Waals surface area contributed by atoms with Gasteiger partial charge in [0.25, 0.3) is 5.24 Å². The highest BCUT2D eigenvalue weighted by Gasteiger charge is 2.11. The minimum atomic E-state index is -0.662. The maximum absolute atomic E-state index is 10.9. The van der Waals surface area contributed by atoms with Crippen molar-refractivity contribution in [3.8, 4) is 11.4 Å². The zero-order valence-corrected chi connectivity index (χ0v) is 9.53. The number of carbonyl (C=O) groups is 1. The standard InChI is InChI=1S/C11H6Cl2N2O/c12-9-8(10(13)16)6-14-11(15-9)7-4-2-1-3-5-7/h1-6H. The summed E-state index contributed by atoms with van der Waals surface area (Å²) < 4.78 is 0. The molecule has 0 spiro atoms. The van der Waals surface area contributed by atoms with Crippen LogP contribution in [0.5, 0.6) is 0 Å². The normalized spacial score (nSPS) is 10.1. The molecule has 1 aromatic carbocycles. The third-order valence-corrected chi connectivity index (χ3v) is 2.48. The molecule has 0 saturated heterocycles. The SMILES string of the molecule is O=C(Cl)c1cnc(-c2ccccc2)nc1Cl. The van der Waals surface area contributed by atoms with Gasteiger partial charge in [-0.2, -0.15) is 0 Å². The Balaban J connectivity index is 2.46. The molecule has 0 fully saturated rings. The van der Waals surface area contributed by atoms with Crippen molar-refractivity contribution in [1.29, 1.82) is 0 Å². The van der Waals surface area contributed by atoms with E-state index < -0.39 is 5.24 Å². The second kappa shape index (κ2) is 4.60. The molecular weight excluding hydrogens is 247 g/mol. The molecule has 2 rings (SSSR count). The van der Waals surface area contributed by atoms with Gasteiger partial charge in [0.1, 0.15) is 5.15 Å². The first kappa shape index (κ1) is 11.0. The van der Waals surface area contributed by atoms with E-state index in [9.17, 15) is 4.79 Å². The van der Waals surface area contributed by atoms with Crippen molar-refractivity contribution in [2.24, 2.45) is 0 Å². The molecule has 0 aliphatic rings.